The van der Waals surface area contributed by atoms with Crippen molar-refractivity contribution in [3.05, 3.63) is 0 Å². The van der Waals surface area contributed by atoms with Gasteiger partial charge in [0.05, 0.1) is 6.54 Å². The Kier molecular flexibility index (Phi) is 8.85. The Morgan fingerprint density at radius 3 is 1.83 bits per heavy atom. The fourth-order valence-corrected chi connectivity index (χ4v) is 0.0552. The molecule has 6 N–H and O–H groups in total. The lowest BCUT2D eigenvalue weighted by Crippen LogP contribution is -2.30. The van der Waals surface area contributed by atoms with Crippen molar-refractivity contribution in [3.8, 4) is 0 Å². The van der Waals surface area contributed by atoms with E-state index in [1.54, 1.807) is 5.48 Å². The van der Waals surface area contributed by atoms with Crippen molar-refractivity contribution >= 4 is 11.9 Å². The SMILES string of the molecule is C[C@H](NO)C(=O)O.NCC(=O)O. The molecule has 0 aliphatic rings. The molecule has 0 unspecified atom stereocenters. The molecule has 0 aliphatic carbocycles. The smallest absolute Gasteiger partial charge is 0.322 e. The standard InChI is InChI=1S/C3H7NO3.C2H5NO2/c1-2(4-7)3(5)6;3-1-2(4)5/h2,4,7H,1H3,(H,5,6);1,3H2,(H,4,5)/t2-;/m0./s1. The summed E-state index contributed by atoms with van der Waals surface area (Å²) in [6.45, 7) is 1.06. The van der Waals surface area contributed by atoms with Crippen LogP contribution in [0.2, 0.25) is 0 Å². The number of nitrogens with one attached hydrogen (secondary N) is 1. The summed E-state index contributed by atoms with van der Waals surface area (Å²) in [6, 6.07) is -0.875. The Hall–Kier alpha value is -1.18. The van der Waals surface area contributed by atoms with E-state index in [9.17, 15) is 9.59 Å². The molecule has 0 rings (SSSR count). The lowest BCUT2D eigenvalue weighted by molar-refractivity contribution is -0.141. The van der Waals surface area contributed by atoms with Crippen molar-refractivity contribution in [1.82, 2.24) is 5.48 Å². The third-order valence-electron chi connectivity index (χ3n) is 0.739. The third-order valence-corrected chi connectivity index (χ3v) is 0.739. The van der Waals surface area contributed by atoms with E-state index in [1.165, 1.54) is 6.92 Å². The van der Waals surface area contributed by atoms with Crippen LogP contribution in [0, 0.1) is 0 Å². The number of hydrogen-bond acceptors (Lipinski definition) is 5. The van der Waals surface area contributed by atoms with Crippen LogP contribution in [0.3, 0.4) is 0 Å². The van der Waals surface area contributed by atoms with Gasteiger partial charge in [0.15, 0.2) is 0 Å². The van der Waals surface area contributed by atoms with Crippen LogP contribution in [0.5, 0.6) is 0 Å². The fourth-order valence-electron chi connectivity index (χ4n) is 0.0552. The topological polar surface area (TPSA) is 133 Å². The van der Waals surface area contributed by atoms with Crippen LogP contribution < -0.4 is 11.2 Å². The van der Waals surface area contributed by atoms with Gasteiger partial charge < -0.3 is 21.2 Å². The summed E-state index contributed by atoms with van der Waals surface area (Å²) < 4.78 is 0. The Balaban J connectivity index is 0. The number of aliphatic carboxylic acids is 2. The van der Waals surface area contributed by atoms with Crippen LogP contribution in [0.4, 0.5) is 0 Å². The predicted octanol–water partition coefficient (Wildman–Crippen LogP) is -1.53. The summed E-state index contributed by atoms with van der Waals surface area (Å²) in [5.41, 5.74) is 6.14. The van der Waals surface area contributed by atoms with E-state index in [0.29, 0.717) is 0 Å². The first kappa shape index (κ1) is 13.4. The summed E-state index contributed by atoms with van der Waals surface area (Å²) in [5, 5.41) is 23.4. The summed E-state index contributed by atoms with van der Waals surface area (Å²) >= 11 is 0. The predicted molar refractivity (Wildman–Crippen MR) is 38.7 cm³/mol. The molecule has 0 heterocycles. The monoisotopic (exact) mass is 180 g/mol. The molecule has 0 spiro atoms. The summed E-state index contributed by atoms with van der Waals surface area (Å²) in [4.78, 5) is 19.0. The molecule has 12 heavy (non-hydrogen) atoms. The number of carboxylic acid groups (broad SMARTS) is 2. The highest BCUT2D eigenvalue weighted by atomic mass is 16.5. The molecule has 1 atom stereocenters. The molecule has 7 nitrogen and oxygen atoms in total. The largest absolute Gasteiger partial charge is 0.480 e. The second kappa shape index (κ2) is 7.92. The summed E-state index contributed by atoms with van der Waals surface area (Å²) in [5.74, 6) is -2.03. The lowest BCUT2D eigenvalue weighted by Gasteiger charge is -1.98. The van der Waals surface area contributed by atoms with Crippen LogP contribution >= 0.6 is 0 Å². The van der Waals surface area contributed by atoms with Gasteiger partial charge in [0.1, 0.15) is 6.04 Å². The molecule has 0 saturated heterocycles. The first-order valence-electron chi connectivity index (χ1n) is 3.00. The van der Waals surface area contributed by atoms with Gasteiger partial charge in [0.2, 0.25) is 0 Å². The number of hydrogen-bond donors (Lipinski definition) is 5. The highest BCUT2D eigenvalue weighted by Crippen LogP contribution is 1.74. The van der Waals surface area contributed by atoms with Gasteiger partial charge in [0.25, 0.3) is 0 Å². The average molecular weight is 180 g/mol. The third kappa shape index (κ3) is 11.6. The average Bonchev–Trinajstić information content (AvgIpc) is 2.04. The van der Waals surface area contributed by atoms with Crippen LogP contribution in [0.15, 0.2) is 0 Å². The van der Waals surface area contributed by atoms with E-state index in [-0.39, 0.29) is 6.54 Å². The van der Waals surface area contributed by atoms with Crippen molar-refractivity contribution in [2.24, 2.45) is 5.73 Å². The van der Waals surface area contributed by atoms with Gasteiger partial charge >= 0.3 is 11.9 Å². The molecule has 72 valence electrons. The molecule has 0 aliphatic heterocycles. The Morgan fingerprint density at radius 1 is 1.50 bits per heavy atom. The van der Waals surface area contributed by atoms with Crippen molar-refractivity contribution in [3.63, 3.8) is 0 Å². The minimum atomic E-state index is -1.07. The van der Waals surface area contributed by atoms with E-state index in [1.807, 2.05) is 0 Å². The molecule has 0 amide bonds. The number of hydroxylamine groups is 1. The molecule has 0 aromatic heterocycles. The molecule has 0 fully saturated rings. The number of carbonyl (C=O) groups is 2. The molecule has 0 aromatic rings. The zero-order valence-electron chi connectivity index (χ0n) is 6.52. The van der Waals surface area contributed by atoms with E-state index in [4.69, 9.17) is 15.4 Å². The van der Waals surface area contributed by atoms with Crippen molar-refractivity contribution in [2.45, 2.75) is 13.0 Å². The van der Waals surface area contributed by atoms with Crippen molar-refractivity contribution in [1.29, 1.82) is 0 Å². The number of carboxylic acids is 2. The van der Waals surface area contributed by atoms with Crippen LogP contribution in [-0.4, -0.2) is 39.9 Å². The number of nitrogens with two attached hydrogens (primary N) is 1. The second-order valence-electron chi connectivity index (χ2n) is 1.79. The van der Waals surface area contributed by atoms with E-state index < -0.39 is 18.0 Å². The zero-order valence-corrected chi connectivity index (χ0v) is 6.52. The maximum atomic E-state index is 9.71. The Morgan fingerprint density at radius 2 is 1.83 bits per heavy atom. The minimum Gasteiger partial charge on any atom is -0.480 e. The molecular weight excluding hydrogens is 168 g/mol. The first-order chi connectivity index (χ1) is 5.45. The Labute approximate surface area is 68.8 Å². The molecular formula is C5H12N2O5. The molecule has 0 aromatic carbocycles. The normalized spacial score (nSPS) is 10.9. The minimum absolute atomic E-state index is 0.278. The second-order valence-corrected chi connectivity index (χ2v) is 1.79. The lowest BCUT2D eigenvalue weighted by atomic mass is 10.4. The van der Waals surface area contributed by atoms with Gasteiger partial charge in [-0.1, -0.05) is 0 Å². The van der Waals surface area contributed by atoms with Crippen molar-refractivity contribution in [2.75, 3.05) is 6.54 Å². The van der Waals surface area contributed by atoms with Crippen LogP contribution in [-0.2, 0) is 9.59 Å². The van der Waals surface area contributed by atoms with Gasteiger partial charge in [-0.2, -0.15) is 5.48 Å². The Bertz CT molecular complexity index is 149. The van der Waals surface area contributed by atoms with E-state index in [0.717, 1.165) is 0 Å². The van der Waals surface area contributed by atoms with Crippen LogP contribution in [0.25, 0.3) is 0 Å². The van der Waals surface area contributed by atoms with Gasteiger partial charge in [-0.25, -0.2) is 0 Å². The highest BCUT2D eigenvalue weighted by molar-refractivity contribution is 5.72. The highest BCUT2D eigenvalue weighted by Gasteiger charge is 2.05. The quantitative estimate of drug-likeness (QED) is 0.332. The van der Waals surface area contributed by atoms with Crippen molar-refractivity contribution < 1.29 is 25.0 Å². The fraction of sp³-hybridized carbons (Fsp3) is 0.600. The summed E-state index contributed by atoms with van der Waals surface area (Å²) in [6.07, 6.45) is 0. The van der Waals surface area contributed by atoms with E-state index >= 15 is 0 Å². The first-order valence-corrected chi connectivity index (χ1v) is 3.00. The summed E-state index contributed by atoms with van der Waals surface area (Å²) in [7, 11) is 0. The molecule has 0 radical (unpaired) electrons. The van der Waals surface area contributed by atoms with Gasteiger partial charge in [-0.15, -0.1) is 0 Å². The maximum Gasteiger partial charge on any atom is 0.322 e. The van der Waals surface area contributed by atoms with Gasteiger partial charge in [-0.3, -0.25) is 9.59 Å². The van der Waals surface area contributed by atoms with E-state index in [2.05, 4.69) is 5.73 Å². The molecule has 0 saturated carbocycles. The number of rotatable bonds is 3. The van der Waals surface area contributed by atoms with Crippen LogP contribution in [0.1, 0.15) is 6.92 Å². The van der Waals surface area contributed by atoms with Gasteiger partial charge in [-0.05, 0) is 6.92 Å². The van der Waals surface area contributed by atoms with Gasteiger partial charge in [0, 0.05) is 0 Å². The zero-order chi connectivity index (χ0) is 10.1. The molecule has 0 bridgehead atoms. The molecule has 7 heteroatoms. The maximum absolute atomic E-state index is 9.71.